The van der Waals surface area contributed by atoms with Crippen LogP contribution < -0.4 is 10.6 Å². The minimum Gasteiger partial charge on any atom is -0.348 e. The van der Waals surface area contributed by atoms with E-state index in [1.54, 1.807) is 18.2 Å². The zero-order valence-electron chi connectivity index (χ0n) is 8.59. The number of rotatable bonds is 2. The summed E-state index contributed by atoms with van der Waals surface area (Å²) in [5.41, 5.74) is 0.589. The van der Waals surface area contributed by atoms with Gasteiger partial charge in [-0.2, -0.15) is 0 Å². The Bertz CT molecular complexity index is 385. The summed E-state index contributed by atoms with van der Waals surface area (Å²) >= 11 is 9.21. The molecule has 0 aromatic heterocycles. The maximum absolute atomic E-state index is 11.9. The van der Waals surface area contributed by atoms with E-state index in [0.717, 1.165) is 24.0 Å². The zero-order valence-corrected chi connectivity index (χ0v) is 10.9. The molecule has 3 nitrogen and oxygen atoms in total. The SMILES string of the molecule is O=C(NC1CCNC1)c1cc(Cl)cc(Br)c1. The molecule has 0 saturated carbocycles. The van der Waals surface area contributed by atoms with Crippen molar-refractivity contribution >= 4 is 33.4 Å². The number of carbonyl (C=O) groups is 1. The molecule has 1 unspecified atom stereocenters. The van der Waals surface area contributed by atoms with Gasteiger partial charge in [-0.15, -0.1) is 0 Å². The zero-order chi connectivity index (χ0) is 11.5. The average Bonchev–Trinajstić information content (AvgIpc) is 2.68. The summed E-state index contributed by atoms with van der Waals surface area (Å²) in [5, 5.41) is 6.73. The van der Waals surface area contributed by atoms with Gasteiger partial charge in [0.05, 0.1) is 0 Å². The van der Waals surface area contributed by atoms with Crippen molar-refractivity contribution < 1.29 is 4.79 Å². The molecule has 1 aliphatic heterocycles. The van der Waals surface area contributed by atoms with Crippen LogP contribution in [0.3, 0.4) is 0 Å². The van der Waals surface area contributed by atoms with Crippen LogP contribution in [0.2, 0.25) is 5.02 Å². The number of nitrogens with one attached hydrogen (secondary N) is 2. The van der Waals surface area contributed by atoms with E-state index in [1.165, 1.54) is 0 Å². The highest BCUT2D eigenvalue weighted by Gasteiger charge is 2.17. The van der Waals surface area contributed by atoms with E-state index < -0.39 is 0 Å². The molecular formula is C11H12BrClN2O. The van der Waals surface area contributed by atoms with Crippen LogP contribution in [0.25, 0.3) is 0 Å². The van der Waals surface area contributed by atoms with Crippen LogP contribution in [0.15, 0.2) is 22.7 Å². The van der Waals surface area contributed by atoms with E-state index in [4.69, 9.17) is 11.6 Å². The Balaban J connectivity index is 2.07. The van der Waals surface area contributed by atoms with Crippen molar-refractivity contribution in [3.8, 4) is 0 Å². The molecule has 1 atom stereocenters. The molecule has 1 saturated heterocycles. The molecule has 1 fully saturated rings. The number of halogens is 2. The third-order valence-electron chi connectivity index (χ3n) is 2.52. The van der Waals surface area contributed by atoms with Crippen molar-refractivity contribution in [2.45, 2.75) is 12.5 Å². The second kappa shape index (κ2) is 5.17. The number of hydrogen-bond donors (Lipinski definition) is 2. The van der Waals surface area contributed by atoms with Gasteiger partial charge in [0.1, 0.15) is 0 Å². The summed E-state index contributed by atoms with van der Waals surface area (Å²) in [6.07, 6.45) is 0.980. The number of hydrogen-bond acceptors (Lipinski definition) is 2. The van der Waals surface area contributed by atoms with Gasteiger partial charge in [0.2, 0.25) is 0 Å². The normalized spacial score (nSPS) is 19.8. The van der Waals surface area contributed by atoms with Gasteiger partial charge in [0.25, 0.3) is 5.91 Å². The van der Waals surface area contributed by atoms with Crippen molar-refractivity contribution in [1.82, 2.24) is 10.6 Å². The molecule has 2 N–H and O–H groups in total. The molecule has 1 aliphatic rings. The quantitative estimate of drug-likeness (QED) is 0.879. The largest absolute Gasteiger partial charge is 0.348 e. The Hall–Kier alpha value is -0.580. The maximum Gasteiger partial charge on any atom is 0.251 e. The monoisotopic (exact) mass is 302 g/mol. The van der Waals surface area contributed by atoms with Gasteiger partial charge in [0, 0.05) is 27.6 Å². The van der Waals surface area contributed by atoms with E-state index in [2.05, 4.69) is 26.6 Å². The first-order valence-electron chi connectivity index (χ1n) is 5.13. The van der Waals surface area contributed by atoms with Crippen LogP contribution in [0.1, 0.15) is 16.8 Å². The van der Waals surface area contributed by atoms with Gasteiger partial charge in [-0.05, 0) is 31.2 Å². The van der Waals surface area contributed by atoms with E-state index >= 15 is 0 Å². The molecule has 1 amide bonds. The first-order valence-corrected chi connectivity index (χ1v) is 6.30. The van der Waals surface area contributed by atoms with E-state index in [-0.39, 0.29) is 11.9 Å². The Morgan fingerprint density at radius 1 is 1.50 bits per heavy atom. The molecule has 0 spiro atoms. The number of amides is 1. The van der Waals surface area contributed by atoms with Crippen LogP contribution in [0, 0.1) is 0 Å². The average molecular weight is 304 g/mol. The van der Waals surface area contributed by atoms with Gasteiger partial charge >= 0.3 is 0 Å². The first kappa shape index (κ1) is 11.9. The van der Waals surface area contributed by atoms with Crippen molar-refractivity contribution in [3.05, 3.63) is 33.3 Å². The van der Waals surface area contributed by atoms with Crippen LogP contribution in [0.5, 0.6) is 0 Å². The van der Waals surface area contributed by atoms with Gasteiger partial charge in [0.15, 0.2) is 0 Å². The molecule has 16 heavy (non-hydrogen) atoms. The van der Waals surface area contributed by atoms with Crippen LogP contribution in [-0.4, -0.2) is 25.0 Å². The van der Waals surface area contributed by atoms with Crippen molar-refractivity contribution in [2.75, 3.05) is 13.1 Å². The van der Waals surface area contributed by atoms with E-state index in [0.29, 0.717) is 10.6 Å². The number of carbonyl (C=O) groups excluding carboxylic acids is 1. The predicted molar refractivity (Wildman–Crippen MR) is 67.9 cm³/mol. The molecule has 0 aliphatic carbocycles. The third kappa shape index (κ3) is 2.97. The van der Waals surface area contributed by atoms with Crippen molar-refractivity contribution in [3.63, 3.8) is 0 Å². The Kier molecular flexibility index (Phi) is 3.84. The minimum absolute atomic E-state index is 0.0723. The molecule has 0 radical (unpaired) electrons. The minimum atomic E-state index is -0.0723. The lowest BCUT2D eigenvalue weighted by Crippen LogP contribution is -2.36. The first-order chi connectivity index (χ1) is 7.65. The Morgan fingerprint density at radius 2 is 2.31 bits per heavy atom. The maximum atomic E-state index is 11.9. The highest BCUT2D eigenvalue weighted by molar-refractivity contribution is 9.10. The molecule has 5 heteroatoms. The second-order valence-electron chi connectivity index (χ2n) is 3.82. The van der Waals surface area contributed by atoms with E-state index in [1.807, 2.05) is 0 Å². The lowest BCUT2D eigenvalue weighted by Gasteiger charge is -2.11. The molecule has 1 aromatic carbocycles. The van der Waals surface area contributed by atoms with Gasteiger partial charge in [-0.3, -0.25) is 4.79 Å². The van der Waals surface area contributed by atoms with Gasteiger partial charge in [-0.25, -0.2) is 0 Å². The third-order valence-corrected chi connectivity index (χ3v) is 3.20. The molecule has 1 aromatic rings. The molecule has 2 rings (SSSR count). The fraction of sp³-hybridized carbons (Fsp3) is 0.364. The lowest BCUT2D eigenvalue weighted by molar-refractivity contribution is 0.0940. The smallest absolute Gasteiger partial charge is 0.251 e. The van der Waals surface area contributed by atoms with Crippen LogP contribution >= 0.6 is 27.5 Å². The fourth-order valence-electron chi connectivity index (χ4n) is 1.73. The summed E-state index contributed by atoms with van der Waals surface area (Å²) in [7, 11) is 0. The summed E-state index contributed by atoms with van der Waals surface area (Å²) in [6.45, 7) is 1.80. The molecule has 1 heterocycles. The molecule has 0 bridgehead atoms. The summed E-state index contributed by atoms with van der Waals surface area (Å²) in [5.74, 6) is -0.0723. The summed E-state index contributed by atoms with van der Waals surface area (Å²) in [4.78, 5) is 11.9. The highest BCUT2D eigenvalue weighted by atomic mass is 79.9. The van der Waals surface area contributed by atoms with E-state index in [9.17, 15) is 4.79 Å². The highest BCUT2D eigenvalue weighted by Crippen LogP contribution is 2.19. The second-order valence-corrected chi connectivity index (χ2v) is 5.17. The van der Waals surface area contributed by atoms with Crippen LogP contribution in [0.4, 0.5) is 0 Å². The fourth-order valence-corrected chi connectivity index (χ4v) is 2.59. The topological polar surface area (TPSA) is 41.1 Å². The summed E-state index contributed by atoms with van der Waals surface area (Å²) < 4.78 is 0.815. The molecular weight excluding hydrogens is 291 g/mol. The van der Waals surface area contributed by atoms with Crippen molar-refractivity contribution in [1.29, 1.82) is 0 Å². The Labute approximate surface area is 108 Å². The number of benzene rings is 1. The van der Waals surface area contributed by atoms with Crippen LogP contribution in [-0.2, 0) is 0 Å². The predicted octanol–water partition coefficient (Wildman–Crippen LogP) is 2.19. The molecule has 86 valence electrons. The van der Waals surface area contributed by atoms with Gasteiger partial charge < -0.3 is 10.6 Å². The van der Waals surface area contributed by atoms with Crippen molar-refractivity contribution in [2.24, 2.45) is 0 Å². The van der Waals surface area contributed by atoms with Gasteiger partial charge in [-0.1, -0.05) is 27.5 Å². The lowest BCUT2D eigenvalue weighted by atomic mass is 10.2. The summed E-state index contributed by atoms with van der Waals surface area (Å²) in [6, 6.07) is 5.42. The Morgan fingerprint density at radius 3 is 2.94 bits per heavy atom. The standard InChI is InChI=1S/C11H12BrClN2O/c12-8-3-7(4-9(13)5-8)11(16)15-10-1-2-14-6-10/h3-5,10,14H,1-2,6H2,(H,15,16).